The summed E-state index contributed by atoms with van der Waals surface area (Å²) in [5.74, 6) is 1.84. The third-order valence-corrected chi connectivity index (χ3v) is 13.0. The van der Waals surface area contributed by atoms with Crippen LogP contribution in [0.5, 0.6) is 0 Å². The first-order chi connectivity index (χ1) is 30.7. The average molecular weight is 809 g/mol. The molecule has 0 saturated carbocycles. The van der Waals surface area contributed by atoms with Crippen LogP contribution in [0.1, 0.15) is 0 Å². The van der Waals surface area contributed by atoms with Gasteiger partial charge in [-0.1, -0.05) is 164 Å². The van der Waals surface area contributed by atoms with Gasteiger partial charge in [0.1, 0.15) is 0 Å². The maximum Gasteiger partial charge on any atom is 0.164 e. The summed E-state index contributed by atoms with van der Waals surface area (Å²) in [6, 6.07) is 77.6. The Morgan fingerprint density at radius 2 is 0.774 bits per heavy atom. The largest absolute Gasteiger partial charge is 0.309 e. The summed E-state index contributed by atoms with van der Waals surface area (Å²) in [6.07, 6.45) is 0. The molecule has 0 aliphatic heterocycles. The molecule has 0 atom stereocenters. The van der Waals surface area contributed by atoms with E-state index in [-0.39, 0.29) is 0 Å². The molecule has 0 bridgehead atoms. The van der Waals surface area contributed by atoms with Crippen molar-refractivity contribution in [3.05, 3.63) is 218 Å². The first kappa shape index (κ1) is 35.9. The lowest BCUT2D eigenvalue weighted by atomic mass is 9.95. The zero-order valence-corrected chi connectivity index (χ0v) is 34.3. The van der Waals surface area contributed by atoms with Crippen molar-refractivity contribution in [3.8, 4) is 73.2 Å². The molecule has 12 aromatic rings. The third kappa shape index (κ3) is 6.26. The van der Waals surface area contributed by atoms with E-state index in [4.69, 9.17) is 15.0 Å². The topological polar surface area (TPSA) is 43.6 Å². The van der Waals surface area contributed by atoms with Gasteiger partial charge in [0.2, 0.25) is 0 Å². The van der Waals surface area contributed by atoms with Crippen LogP contribution in [-0.2, 0) is 0 Å². The van der Waals surface area contributed by atoms with Gasteiger partial charge in [-0.05, 0) is 82.4 Å². The quantitative estimate of drug-likeness (QED) is 0.161. The molecule has 4 nitrogen and oxygen atoms in total. The Labute approximate surface area is 362 Å². The molecule has 9 aromatic carbocycles. The van der Waals surface area contributed by atoms with Gasteiger partial charge in [-0.2, -0.15) is 0 Å². The second kappa shape index (κ2) is 14.9. The number of para-hydroxylation sites is 2. The predicted molar refractivity (Wildman–Crippen MR) is 260 cm³/mol. The van der Waals surface area contributed by atoms with Crippen LogP contribution < -0.4 is 0 Å². The van der Waals surface area contributed by atoms with Gasteiger partial charge < -0.3 is 4.57 Å². The molecule has 0 fully saturated rings. The molecular weight excluding hydrogens is 773 g/mol. The van der Waals surface area contributed by atoms with Gasteiger partial charge in [0, 0.05) is 53.2 Å². The molecule has 290 valence electrons. The van der Waals surface area contributed by atoms with E-state index >= 15 is 0 Å². The first-order valence-electron chi connectivity index (χ1n) is 20.8. The lowest BCUT2D eigenvalue weighted by Gasteiger charge is -2.16. The molecule has 0 spiro atoms. The van der Waals surface area contributed by atoms with E-state index in [2.05, 4.69) is 205 Å². The summed E-state index contributed by atoms with van der Waals surface area (Å²) < 4.78 is 4.96. The van der Waals surface area contributed by atoms with Gasteiger partial charge in [0.05, 0.1) is 16.7 Å². The Morgan fingerprint density at radius 3 is 1.45 bits per heavy atom. The minimum absolute atomic E-state index is 0.605. The average Bonchev–Trinajstić information content (AvgIpc) is 3.90. The van der Waals surface area contributed by atoms with Crippen LogP contribution in [0.2, 0.25) is 0 Å². The number of thiophene rings is 1. The zero-order chi connectivity index (χ0) is 41.0. The van der Waals surface area contributed by atoms with Crippen molar-refractivity contribution in [2.75, 3.05) is 0 Å². The molecule has 0 saturated heterocycles. The number of fused-ring (bicyclic) bond motifs is 6. The second-order valence-electron chi connectivity index (χ2n) is 15.6. The van der Waals surface area contributed by atoms with Crippen molar-refractivity contribution < 1.29 is 0 Å². The van der Waals surface area contributed by atoms with Crippen LogP contribution in [-0.4, -0.2) is 19.5 Å². The van der Waals surface area contributed by atoms with Crippen molar-refractivity contribution in [3.63, 3.8) is 0 Å². The molecule has 5 heteroatoms. The van der Waals surface area contributed by atoms with Gasteiger partial charge in [-0.15, -0.1) is 11.3 Å². The maximum atomic E-state index is 5.37. The number of hydrogen-bond donors (Lipinski definition) is 0. The Balaban J connectivity index is 1.09. The number of rotatable bonds is 7. The van der Waals surface area contributed by atoms with Crippen LogP contribution in [0.15, 0.2) is 218 Å². The Morgan fingerprint density at radius 1 is 0.290 bits per heavy atom. The lowest BCUT2D eigenvalue weighted by Crippen LogP contribution is -2.02. The number of aromatic nitrogens is 4. The highest BCUT2D eigenvalue weighted by Gasteiger charge is 2.20. The van der Waals surface area contributed by atoms with Gasteiger partial charge >= 0.3 is 0 Å². The molecule has 0 radical (unpaired) electrons. The molecule has 3 heterocycles. The van der Waals surface area contributed by atoms with Crippen LogP contribution in [0, 0.1) is 0 Å². The van der Waals surface area contributed by atoms with E-state index in [1.807, 2.05) is 29.5 Å². The van der Waals surface area contributed by atoms with E-state index in [1.54, 1.807) is 0 Å². The normalized spacial score (nSPS) is 11.5. The monoisotopic (exact) mass is 808 g/mol. The lowest BCUT2D eigenvalue weighted by molar-refractivity contribution is 1.07. The van der Waals surface area contributed by atoms with E-state index in [9.17, 15) is 0 Å². The minimum Gasteiger partial charge on any atom is -0.309 e. The SMILES string of the molecule is c1ccc(-c2cc(-c3ccc4sc5ccccc5c4c3)cc(-c3nc(-c4ccccc4)nc(-c4ccc(-c5ccccc5)c(-n5c6ccccc6c6ccccc65)c4)n3)c2)cc1. The molecule has 0 amide bonds. The molecule has 0 aliphatic rings. The van der Waals surface area contributed by atoms with Gasteiger partial charge in [-0.3, -0.25) is 0 Å². The smallest absolute Gasteiger partial charge is 0.164 e. The van der Waals surface area contributed by atoms with E-state index in [0.29, 0.717) is 17.5 Å². The summed E-state index contributed by atoms with van der Waals surface area (Å²) in [4.78, 5) is 15.9. The van der Waals surface area contributed by atoms with E-state index in [1.165, 1.54) is 30.9 Å². The Hall–Kier alpha value is -7.99. The maximum absolute atomic E-state index is 5.37. The van der Waals surface area contributed by atoms with Crippen LogP contribution >= 0.6 is 11.3 Å². The number of benzene rings is 9. The molecule has 3 aromatic heterocycles. The Kier molecular flexibility index (Phi) is 8.65. The molecule has 62 heavy (non-hydrogen) atoms. The van der Waals surface area contributed by atoms with Crippen molar-refractivity contribution in [2.45, 2.75) is 0 Å². The number of nitrogens with zero attached hydrogens (tertiary/aromatic N) is 4. The summed E-state index contributed by atoms with van der Waals surface area (Å²) in [5, 5.41) is 4.96. The van der Waals surface area contributed by atoms with E-state index < -0.39 is 0 Å². The first-order valence-corrected chi connectivity index (χ1v) is 21.7. The van der Waals surface area contributed by atoms with Crippen molar-refractivity contribution in [1.29, 1.82) is 0 Å². The second-order valence-corrected chi connectivity index (χ2v) is 16.7. The summed E-state index contributed by atoms with van der Waals surface area (Å²) in [5.41, 5.74) is 12.8. The fraction of sp³-hybridized carbons (Fsp3) is 0. The predicted octanol–water partition coefficient (Wildman–Crippen LogP) is 15.3. The van der Waals surface area contributed by atoms with Gasteiger partial charge in [0.15, 0.2) is 17.5 Å². The van der Waals surface area contributed by atoms with Crippen LogP contribution in [0.25, 0.3) is 115 Å². The highest BCUT2D eigenvalue weighted by molar-refractivity contribution is 7.25. The van der Waals surface area contributed by atoms with Crippen molar-refractivity contribution in [2.24, 2.45) is 0 Å². The third-order valence-electron chi connectivity index (χ3n) is 11.8. The fourth-order valence-corrected chi connectivity index (χ4v) is 9.96. The van der Waals surface area contributed by atoms with Crippen molar-refractivity contribution in [1.82, 2.24) is 19.5 Å². The fourth-order valence-electron chi connectivity index (χ4n) is 8.88. The molecular formula is C57H36N4S. The highest BCUT2D eigenvalue weighted by atomic mass is 32.1. The standard InChI is InChI=1S/C57H36N4S/c1-4-16-37(17-5-1)42-32-43(40-29-31-54-49(35-40)48-24-12-15-27-53(48)62-54)34-44(33-42)57-59-55(39-20-8-3-9-21-39)58-56(60-57)41-28-30-45(38-18-6-2-7-19-38)52(36-41)61-50-25-13-10-22-46(50)47-23-11-14-26-51(47)61/h1-36H. The van der Waals surface area contributed by atoms with Gasteiger partial charge in [0.25, 0.3) is 0 Å². The van der Waals surface area contributed by atoms with E-state index in [0.717, 1.165) is 66.8 Å². The Bertz CT molecular complexity index is 3580. The van der Waals surface area contributed by atoms with Gasteiger partial charge in [-0.25, -0.2) is 15.0 Å². The molecule has 0 aliphatic carbocycles. The summed E-state index contributed by atoms with van der Waals surface area (Å²) >= 11 is 1.84. The number of hydrogen-bond acceptors (Lipinski definition) is 4. The highest BCUT2D eigenvalue weighted by Crippen LogP contribution is 2.41. The molecule has 0 unspecified atom stereocenters. The molecule has 0 N–H and O–H groups in total. The summed E-state index contributed by atoms with van der Waals surface area (Å²) in [6.45, 7) is 0. The minimum atomic E-state index is 0.605. The van der Waals surface area contributed by atoms with Crippen molar-refractivity contribution >= 4 is 53.3 Å². The molecule has 12 rings (SSSR count). The van der Waals surface area contributed by atoms with Crippen LogP contribution in [0.3, 0.4) is 0 Å². The van der Waals surface area contributed by atoms with Crippen LogP contribution in [0.4, 0.5) is 0 Å². The zero-order valence-electron chi connectivity index (χ0n) is 33.5. The summed E-state index contributed by atoms with van der Waals surface area (Å²) in [7, 11) is 0.